The first-order valence-corrected chi connectivity index (χ1v) is 10.7. The zero-order valence-electron chi connectivity index (χ0n) is 16.0. The van der Waals surface area contributed by atoms with Crippen molar-refractivity contribution in [2.45, 2.75) is 17.9 Å². The number of amides is 2. The topological polar surface area (TPSA) is 105 Å². The van der Waals surface area contributed by atoms with E-state index < -0.39 is 16.1 Å². The quantitative estimate of drug-likeness (QED) is 0.742. The van der Waals surface area contributed by atoms with Crippen LogP contribution in [0.5, 0.6) is 0 Å². The summed E-state index contributed by atoms with van der Waals surface area (Å²) >= 11 is 0. The predicted octanol–water partition coefficient (Wildman–Crippen LogP) is 1.52. The molecule has 0 spiro atoms. The number of nitrogens with zero attached hydrogens (tertiary/aromatic N) is 1. The van der Waals surface area contributed by atoms with E-state index in [0.717, 1.165) is 0 Å². The average molecular weight is 417 g/mol. The first kappa shape index (κ1) is 21.0. The molecule has 29 heavy (non-hydrogen) atoms. The second-order valence-electron chi connectivity index (χ2n) is 6.61. The van der Waals surface area contributed by atoms with Crippen molar-refractivity contribution < 1.29 is 22.7 Å². The van der Waals surface area contributed by atoms with Crippen LogP contribution < -0.4 is 10.0 Å². The largest absolute Gasteiger partial charge is 0.378 e. The second kappa shape index (κ2) is 9.17. The molecule has 3 rings (SSSR count). The molecule has 1 saturated heterocycles. The zero-order chi connectivity index (χ0) is 20.9. The third kappa shape index (κ3) is 5.41. The third-order valence-corrected chi connectivity index (χ3v) is 5.90. The van der Waals surface area contributed by atoms with Crippen LogP contribution in [0.3, 0.4) is 0 Å². The number of carbonyl (C=O) groups is 2. The number of benzene rings is 2. The lowest BCUT2D eigenvalue weighted by Gasteiger charge is -2.30. The first-order valence-electron chi connectivity index (χ1n) is 9.18. The molecule has 2 amide bonds. The van der Waals surface area contributed by atoms with Gasteiger partial charge in [-0.05, 0) is 29.8 Å². The van der Waals surface area contributed by atoms with Gasteiger partial charge in [-0.1, -0.05) is 30.3 Å². The number of ether oxygens (including phenoxy) is 1. The minimum absolute atomic E-state index is 0.00214. The molecule has 0 aromatic heterocycles. The Balaban J connectivity index is 1.86. The van der Waals surface area contributed by atoms with Gasteiger partial charge in [-0.2, -0.15) is 4.72 Å². The van der Waals surface area contributed by atoms with Gasteiger partial charge < -0.3 is 15.0 Å². The molecule has 1 heterocycles. The molecule has 2 N–H and O–H groups in total. The van der Waals surface area contributed by atoms with Crippen molar-refractivity contribution in [1.82, 2.24) is 9.62 Å². The number of rotatable bonds is 6. The first-order chi connectivity index (χ1) is 13.9. The maximum atomic E-state index is 13.1. The molecule has 0 bridgehead atoms. The molecule has 2 aromatic carbocycles. The van der Waals surface area contributed by atoms with E-state index in [0.29, 0.717) is 37.6 Å². The monoisotopic (exact) mass is 417 g/mol. The van der Waals surface area contributed by atoms with Crippen LogP contribution in [0.15, 0.2) is 59.5 Å². The van der Waals surface area contributed by atoms with Gasteiger partial charge >= 0.3 is 0 Å². The van der Waals surface area contributed by atoms with Crippen LogP contribution in [0.1, 0.15) is 18.5 Å². The van der Waals surface area contributed by atoms with E-state index in [1.807, 2.05) is 0 Å². The van der Waals surface area contributed by atoms with Gasteiger partial charge in [0.2, 0.25) is 21.8 Å². The molecule has 0 radical (unpaired) electrons. The highest BCUT2D eigenvalue weighted by molar-refractivity contribution is 7.89. The number of nitrogens with one attached hydrogen (secondary N) is 2. The molecule has 1 atom stereocenters. The van der Waals surface area contributed by atoms with E-state index in [-0.39, 0.29) is 16.7 Å². The van der Waals surface area contributed by atoms with Gasteiger partial charge in [-0.3, -0.25) is 9.59 Å². The van der Waals surface area contributed by atoms with Gasteiger partial charge in [0.05, 0.1) is 18.1 Å². The SMILES string of the molecule is CC(=O)Nc1ccc(S(=O)(=O)N[C@@H](C(=O)N2CCOCC2)c2ccccc2)cc1. The lowest BCUT2D eigenvalue weighted by molar-refractivity contribution is -0.137. The Hall–Kier alpha value is -2.75. The van der Waals surface area contributed by atoms with Crippen LogP contribution in [-0.4, -0.2) is 51.4 Å². The highest BCUT2D eigenvalue weighted by Gasteiger charge is 2.31. The Kier molecular flexibility index (Phi) is 6.63. The molecule has 0 aliphatic carbocycles. The summed E-state index contributed by atoms with van der Waals surface area (Å²) in [5, 5.41) is 2.58. The van der Waals surface area contributed by atoms with Crippen molar-refractivity contribution in [2.75, 3.05) is 31.6 Å². The highest BCUT2D eigenvalue weighted by atomic mass is 32.2. The summed E-state index contributed by atoms with van der Waals surface area (Å²) in [6.45, 7) is 3.04. The number of hydrogen-bond acceptors (Lipinski definition) is 5. The van der Waals surface area contributed by atoms with Crippen molar-refractivity contribution in [3.8, 4) is 0 Å². The van der Waals surface area contributed by atoms with E-state index >= 15 is 0 Å². The van der Waals surface area contributed by atoms with Crippen LogP contribution in [0.25, 0.3) is 0 Å². The molecule has 0 unspecified atom stereocenters. The van der Waals surface area contributed by atoms with Crippen LogP contribution in [0.4, 0.5) is 5.69 Å². The molecule has 1 aliphatic rings. The molecule has 154 valence electrons. The van der Waals surface area contributed by atoms with Gasteiger partial charge in [0, 0.05) is 25.7 Å². The van der Waals surface area contributed by atoms with Crippen molar-refractivity contribution >= 4 is 27.5 Å². The number of hydrogen-bond donors (Lipinski definition) is 2. The maximum absolute atomic E-state index is 13.1. The highest BCUT2D eigenvalue weighted by Crippen LogP contribution is 2.21. The van der Waals surface area contributed by atoms with Crippen LogP contribution in [-0.2, 0) is 24.3 Å². The lowest BCUT2D eigenvalue weighted by atomic mass is 10.1. The minimum Gasteiger partial charge on any atom is -0.378 e. The Morgan fingerprint density at radius 3 is 2.21 bits per heavy atom. The molecule has 2 aromatic rings. The van der Waals surface area contributed by atoms with Crippen LogP contribution in [0.2, 0.25) is 0 Å². The standard InChI is InChI=1S/C20H23N3O5S/c1-15(24)21-17-7-9-18(10-8-17)29(26,27)22-19(16-5-3-2-4-6-16)20(25)23-11-13-28-14-12-23/h2-10,19,22H,11-14H2,1H3,(H,21,24)/t19-/m1/s1. The van der Waals surface area contributed by atoms with Crippen LogP contribution in [0, 0.1) is 0 Å². The van der Waals surface area contributed by atoms with E-state index in [1.165, 1.54) is 31.2 Å². The summed E-state index contributed by atoms with van der Waals surface area (Å²) < 4.78 is 33.7. The predicted molar refractivity (Wildman–Crippen MR) is 108 cm³/mol. The van der Waals surface area contributed by atoms with Gasteiger partial charge in [0.1, 0.15) is 6.04 Å². The molecule has 8 nitrogen and oxygen atoms in total. The lowest BCUT2D eigenvalue weighted by Crippen LogP contribution is -2.47. The van der Waals surface area contributed by atoms with Gasteiger partial charge in [0.25, 0.3) is 0 Å². The molecule has 0 saturated carbocycles. The average Bonchev–Trinajstić information content (AvgIpc) is 2.73. The van der Waals surface area contributed by atoms with Crippen molar-refractivity contribution in [3.05, 3.63) is 60.2 Å². The van der Waals surface area contributed by atoms with E-state index in [4.69, 9.17) is 4.74 Å². The fourth-order valence-electron chi connectivity index (χ4n) is 3.02. The summed E-state index contributed by atoms with van der Waals surface area (Å²) in [5.41, 5.74) is 1.04. The van der Waals surface area contributed by atoms with E-state index in [2.05, 4.69) is 10.0 Å². The summed E-state index contributed by atoms with van der Waals surface area (Å²) in [5.74, 6) is -0.572. The van der Waals surface area contributed by atoms with Gasteiger partial charge in [0.15, 0.2) is 0 Å². The fourth-order valence-corrected chi connectivity index (χ4v) is 4.19. The van der Waals surface area contributed by atoms with Crippen molar-refractivity contribution in [2.24, 2.45) is 0 Å². The molecule has 1 aliphatic heterocycles. The second-order valence-corrected chi connectivity index (χ2v) is 8.32. The van der Waals surface area contributed by atoms with Crippen LogP contribution >= 0.6 is 0 Å². The zero-order valence-corrected chi connectivity index (χ0v) is 16.8. The minimum atomic E-state index is -3.98. The Morgan fingerprint density at radius 1 is 1.00 bits per heavy atom. The normalized spacial score (nSPS) is 15.6. The third-order valence-electron chi connectivity index (χ3n) is 4.46. The van der Waals surface area contributed by atoms with Crippen molar-refractivity contribution in [1.29, 1.82) is 0 Å². The summed E-state index contributed by atoms with van der Waals surface area (Å²) in [4.78, 5) is 25.8. The number of morpholine rings is 1. The molecular formula is C20H23N3O5S. The fraction of sp³-hybridized carbons (Fsp3) is 0.300. The molecule has 1 fully saturated rings. The van der Waals surface area contributed by atoms with Gasteiger partial charge in [-0.15, -0.1) is 0 Å². The maximum Gasteiger partial charge on any atom is 0.245 e. The van der Waals surface area contributed by atoms with E-state index in [1.54, 1.807) is 35.2 Å². The van der Waals surface area contributed by atoms with Crippen molar-refractivity contribution in [3.63, 3.8) is 0 Å². The Bertz CT molecular complexity index is 955. The molecule has 9 heteroatoms. The summed E-state index contributed by atoms with van der Waals surface area (Å²) in [7, 11) is -3.98. The smallest absolute Gasteiger partial charge is 0.245 e. The Labute approximate surface area is 169 Å². The Morgan fingerprint density at radius 2 is 1.62 bits per heavy atom. The number of sulfonamides is 1. The number of carbonyl (C=O) groups excluding carboxylic acids is 2. The summed E-state index contributed by atoms with van der Waals surface area (Å²) in [6, 6.07) is 13.5. The molecular weight excluding hydrogens is 394 g/mol. The summed E-state index contributed by atoms with van der Waals surface area (Å²) in [6.07, 6.45) is 0. The number of anilines is 1. The van der Waals surface area contributed by atoms with Gasteiger partial charge in [-0.25, -0.2) is 8.42 Å². The van der Waals surface area contributed by atoms with E-state index in [9.17, 15) is 18.0 Å².